The fourth-order valence-electron chi connectivity index (χ4n) is 1.11. The maximum Gasteiger partial charge on any atom is 0.158 e. The van der Waals surface area contributed by atoms with E-state index in [9.17, 15) is 0 Å². The molecule has 0 aromatic carbocycles. The van der Waals surface area contributed by atoms with Crippen molar-refractivity contribution in [3.05, 3.63) is 12.7 Å². The van der Waals surface area contributed by atoms with E-state index in [0.29, 0.717) is 12.5 Å². The van der Waals surface area contributed by atoms with Crippen molar-refractivity contribution in [3.8, 4) is 0 Å². The Bertz CT molecular complexity index is 132. The first kappa shape index (κ1) is 8.75. The molecule has 1 rings (SSSR count). The molecule has 0 spiro atoms. The van der Waals surface area contributed by atoms with Crippen LogP contribution in [0.15, 0.2) is 12.7 Å². The van der Waals surface area contributed by atoms with Crippen molar-refractivity contribution in [2.45, 2.75) is 32.7 Å². The Hall–Kier alpha value is -0.340. The summed E-state index contributed by atoms with van der Waals surface area (Å²) in [6.45, 7) is 8.64. The number of rotatable bonds is 3. The zero-order valence-electron chi connectivity index (χ0n) is 7.25. The average molecular weight is 156 g/mol. The van der Waals surface area contributed by atoms with Crippen LogP contribution < -0.4 is 0 Å². The van der Waals surface area contributed by atoms with Gasteiger partial charge in [-0.3, -0.25) is 0 Å². The van der Waals surface area contributed by atoms with Crippen LogP contribution >= 0.6 is 0 Å². The number of hydrogen-bond donors (Lipinski definition) is 0. The summed E-state index contributed by atoms with van der Waals surface area (Å²) in [7, 11) is 0. The van der Waals surface area contributed by atoms with Gasteiger partial charge in [-0.15, -0.1) is 6.58 Å². The van der Waals surface area contributed by atoms with E-state index in [-0.39, 0.29) is 12.4 Å². The Morgan fingerprint density at radius 2 is 2.36 bits per heavy atom. The van der Waals surface area contributed by atoms with E-state index in [4.69, 9.17) is 9.47 Å². The quantitative estimate of drug-likeness (QED) is 0.581. The summed E-state index contributed by atoms with van der Waals surface area (Å²) in [4.78, 5) is 0. The summed E-state index contributed by atoms with van der Waals surface area (Å²) in [5.74, 6) is 0.628. The summed E-state index contributed by atoms with van der Waals surface area (Å²) >= 11 is 0. The molecule has 11 heavy (non-hydrogen) atoms. The van der Waals surface area contributed by atoms with Crippen LogP contribution in [0.2, 0.25) is 0 Å². The second-order valence-corrected chi connectivity index (χ2v) is 3.30. The highest BCUT2D eigenvalue weighted by Gasteiger charge is 2.23. The predicted molar refractivity (Wildman–Crippen MR) is 44.3 cm³/mol. The third kappa shape index (κ3) is 2.64. The Kier molecular flexibility index (Phi) is 3.09. The van der Waals surface area contributed by atoms with Gasteiger partial charge in [0.15, 0.2) is 6.29 Å². The number of ether oxygens (including phenoxy) is 2. The van der Waals surface area contributed by atoms with Crippen LogP contribution in [0.25, 0.3) is 0 Å². The van der Waals surface area contributed by atoms with Crippen molar-refractivity contribution in [2.24, 2.45) is 5.92 Å². The van der Waals surface area contributed by atoms with E-state index >= 15 is 0 Å². The summed E-state index contributed by atoms with van der Waals surface area (Å²) in [6, 6.07) is 0. The summed E-state index contributed by atoms with van der Waals surface area (Å²) in [6.07, 6.45) is 2.88. The van der Waals surface area contributed by atoms with Gasteiger partial charge in [0.05, 0.1) is 6.61 Å². The molecule has 0 radical (unpaired) electrons. The summed E-state index contributed by atoms with van der Waals surface area (Å²) in [5, 5.41) is 0. The Labute approximate surface area is 68.2 Å². The van der Waals surface area contributed by atoms with E-state index in [0.717, 1.165) is 6.42 Å². The molecular formula is C9H16O2. The van der Waals surface area contributed by atoms with E-state index in [1.807, 2.05) is 0 Å². The third-order valence-corrected chi connectivity index (χ3v) is 1.70. The predicted octanol–water partition coefficient (Wildman–Crippen LogP) is 1.96. The molecule has 0 aromatic heterocycles. The molecule has 0 bridgehead atoms. The van der Waals surface area contributed by atoms with Gasteiger partial charge >= 0.3 is 0 Å². The molecule has 0 aromatic rings. The standard InChI is InChI=1S/C9H16O2/c1-4-8-6-10-9(11-8)5-7(2)3/h4,7-9H,1,5-6H2,2-3H3/t8-,9-/m0/s1. The lowest BCUT2D eigenvalue weighted by atomic mass is 10.1. The van der Waals surface area contributed by atoms with Gasteiger partial charge < -0.3 is 9.47 Å². The monoisotopic (exact) mass is 156 g/mol. The summed E-state index contributed by atoms with van der Waals surface area (Å²) in [5.41, 5.74) is 0. The highest BCUT2D eigenvalue weighted by atomic mass is 16.7. The van der Waals surface area contributed by atoms with E-state index in [1.54, 1.807) is 6.08 Å². The van der Waals surface area contributed by atoms with Gasteiger partial charge in [-0.05, 0) is 5.92 Å². The van der Waals surface area contributed by atoms with Crippen LogP contribution in [0.4, 0.5) is 0 Å². The molecular weight excluding hydrogens is 140 g/mol. The molecule has 0 saturated carbocycles. The van der Waals surface area contributed by atoms with Gasteiger partial charge in [0.25, 0.3) is 0 Å². The van der Waals surface area contributed by atoms with Crippen LogP contribution in [-0.4, -0.2) is 19.0 Å². The highest BCUT2D eigenvalue weighted by molar-refractivity contribution is 4.83. The van der Waals surface area contributed by atoms with Crippen LogP contribution in [0, 0.1) is 5.92 Å². The zero-order valence-corrected chi connectivity index (χ0v) is 7.25. The maximum absolute atomic E-state index is 5.48. The van der Waals surface area contributed by atoms with E-state index in [1.165, 1.54) is 0 Å². The van der Waals surface area contributed by atoms with Gasteiger partial charge in [-0.25, -0.2) is 0 Å². The molecule has 2 atom stereocenters. The molecule has 0 amide bonds. The van der Waals surface area contributed by atoms with Crippen molar-refractivity contribution in [1.82, 2.24) is 0 Å². The lowest BCUT2D eigenvalue weighted by Crippen LogP contribution is -2.12. The Morgan fingerprint density at radius 1 is 1.64 bits per heavy atom. The molecule has 1 heterocycles. The SMILES string of the molecule is C=C[C@H]1CO[C@H](CC(C)C)O1. The van der Waals surface area contributed by atoms with Crippen LogP contribution in [0.5, 0.6) is 0 Å². The largest absolute Gasteiger partial charge is 0.350 e. The molecule has 2 nitrogen and oxygen atoms in total. The topological polar surface area (TPSA) is 18.5 Å². The Balaban J connectivity index is 2.24. The minimum atomic E-state index is -0.00185. The molecule has 1 aliphatic heterocycles. The molecule has 1 fully saturated rings. The summed E-state index contributed by atoms with van der Waals surface area (Å²) < 4.78 is 10.9. The van der Waals surface area contributed by atoms with Gasteiger partial charge in [0, 0.05) is 6.42 Å². The third-order valence-electron chi connectivity index (χ3n) is 1.70. The van der Waals surface area contributed by atoms with E-state index in [2.05, 4.69) is 20.4 Å². The van der Waals surface area contributed by atoms with Crippen molar-refractivity contribution in [1.29, 1.82) is 0 Å². The smallest absolute Gasteiger partial charge is 0.158 e. The van der Waals surface area contributed by atoms with Gasteiger partial charge in [0.2, 0.25) is 0 Å². The first-order valence-electron chi connectivity index (χ1n) is 4.12. The molecule has 64 valence electrons. The first-order valence-corrected chi connectivity index (χ1v) is 4.12. The van der Waals surface area contributed by atoms with Crippen LogP contribution in [0.1, 0.15) is 20.3 Å². The number of hydrogen-bond acceptors (Lipinski definition) is 2. The normalized spacial score (nSPS) is 31.2. The molecule has 1 aliphatic rings. The second-order valence-electron chi connectivity index (χ2n) is 3.30. The van der Waals surface area contributed by atoms with Crippen LogP contribution in [-0.2, 0) is 9.47 Å². The van der Waals surface area contributed by atoms with Crippen molar-refractivity contribution in [3.63, 3.8) is 0 Å². The van der Waals surface area contributed by atoms with Crippen molar-refractivity contribution >= 4 is 0 Å². The lowest BCUT2D eigenvalue weighted by Gasteiger charge is -2.11. The molecule has 0 unspecified atom stereocenters. The average Bonchev–Trinajstić information content (AvgIpc) is 2.34. The van der Waals surface area contributed by atoms with Crippen molar-refractivity contribution in [2.75, 3.05) is 6.61 Å². The van der Waals surface area contributed by atoms with Crippen LogP contribution in [0.3, 0.4) is 0 Å². The highest BCUT2D eigenvalue weighted by Crippen LogP contribution is 2.18. The maximum atomic E-state index is 5.48. The molecule has 0 N–H and O–H groups in total. The minimum Gasteiger partial charge on any atom is -0.350 e. The minimum absolute atomic E-state index is 0.00185. The Morgan fingerprint density at radius 3 is 2.82 bits per heavy atom. The van der Waals surface area contributed by atoms with Crippen molar-refractivity contribution < 1.29 is 9.47 Å². The fourth-order valence-corrected chi connectivity index (χ4v) is 1.11. The van der Waals surface area contributed by atoms with Gasteiger partial charge in [0.1, 0.15) is 6.10 Å². The molecule has 1 saturated heterocycles. The fraction of sp³-hybridized carbons (Fsp3) is 0.778. The first-order chi connectivity index (χ1) is 5.22. The van der Waals surface area contributed by atoms with Gasteiger partial charge in [-0.1, -0.05) is 19.9 Å². The molecule has 2 heteroatoms. The van der Waals surface area contributed by atoms with E-state index < -0.39 is 0 Å². The van der Waals surface area contributed by atoms with Gasteiger partial charge in [-0.2, -0.15) is 0 Å². The molecule has 0 aliphatic carbocycles. The lowest BCUT2D eigenvalue weighted by molar-refractivity contribution is -0.0626. The second kappa shape index (κ2) is 3.88. The zero-order chi connectivity index (χ0) is 8.27.